The van der Waals surface area contributed by atoms with Crippen molar-refractivity contribution >= 4 is 41.1 Å². The molecule has 1 fully saturated rings. The Bertz CT molecular complexity index is 982. The molecule has 0 radical (unpaired) electrons. The third-order valence-electron chi connectivity index (χ3n) is 4.79. The Labute approximate surface area is 191 Å². The summed E-state index contributed by atoms with van der Waals surface area (Å²) < 4.78 is 10.9. The Morgan fingerprint density at radius 2 is 1.74 bits per heavy atom. The van der Waals surface area contributed by atoms with Gasteiger partial charge in [0.25, 0.3) is 11.8 Å². The van der Waals surface area contributed by atoms with Gasteiger partial charge >= 0.3 is 0 Å². The highest BCUT2D eigenvalue weighted by molar-refractivity contribution is 6.36. The van der Waals surface area contributed by atoms with Crippen molar-refractivity contribution in [1.82, 2.24) is 10.2 Å². The van der Waals surface area contributed by atoms with E-state index < -0.39 is 5.91 Å². The van der Waals surface area contributed by atoms with Crippen LogP contribution in [-0.4, -0.2) is 49.1 Å². The molecule has 1 aliphatic rings. The Hall–Kier alpha value is -2.54. The highest BCUT2D eigenvalue weighted by Gasteiger charge is 2.29. The maximum absolute atomic E-state index is 13.3. The smallest absolute Gasteiger partial charge is 0.270 e. The monoisotopic (exact) mass is 462 g/mol. The van der Waals surface area contributed by atoms with Crippen molar-refractivity contribution in [2.45, 2.75) is 26.1 Å². The third-order valence-corrected chi connectivity index (χ3v) is 5.34. The van der Waals surface area contributed by atoms with Gasteiger partial charge in [0.2, 0.25) is 0 Å². The zero-order valence-corrected chi connectivity index (χ0v) is 19.0. The molecule has 2 aromatic carbocycles. The average molecular weight is 463 g/mol. The number of carbonyl (C=O) groups is 2. The SMILES string of the molecule is COc1ccc(C=C(NC(=O)c2ccc(Cl)cc2Cl)C(=O)N2CC(C)OC(C)C2)cc1. The highest BCUT2D eigenvalue weighted by atomic mass is 35.5. The summed E-state index contributed by atoms with van der Waals surface area (Å²) in [5.41, 5.74) is 1.10. The number of nitrogens with zero attached hydrogens (tertiary/aromatic N) is 1. The van der Waals surface area contributed by atoms with Crippen molar-refractivity contribution in [2.75, 3.05) is 20.2 Å². The number of morpholine rings is 1. The van der Waals surface area contributed by atoms with Crippen molar-refractivity contribution in [1.29, 1.82) is 0 Å². The number of hydrogen-bond acceptors (Lipinski definition) is 4. The second kappa shape index (κ2) is 10.2. The predicted molar refractivity (Wildman–Crippen MR) is 121 cm³/mol. The van der Waals surface area contributed by atoms with Crippen LogP contribution in [0, 0.1) is 0 Å². The summed E-state index contributed by atoms with van der Waals surface area (Å²) in [5.74, 6) is -0.0989. The fraction of sp³-hybridized carbons (Fsp3) is 0.304. The summed E-state index contributed by atoms with van der Waals surface area (Å²) in [5, 5.41) is 3.35. The lowest BCUT2D eigenvalue weighted by Crippen LogP contribution is -2.50. The summed E-state index contributed by atoms with van der Waals surface area (Å²) in [7, 11) is 1.58. The molecule has 0 saturated carbocycles. The minimum absolute atomic E-state index is 0.101. The van der Waals surface area contributed by atoms with Gasteiger partial charge in [0.1, 0.15) is 11.4 Å². The lowest BCUT2D eigenvalue weighted by Gasteiger charge is -2.35. The predicted octanol–water partition coefficient (Wildman–Crippen LogP) is 4.41. The first-order valence-electron chi connectivity index (χ1n) is 9.83. The van der Waals surface area contributed by atoms with Crippen LogP contribution in [0.3, 0.4) is 0 Å². The molecule has 31 heavy (non-hydrogen) atoms. The molecule has 1 heterocycles. The normalized spacial score (nSPS) is 19.1. The van der Waals surface area contributed by atoms with Gasteiger partial charge in [-0.15, -0.1) is 0 Å². The lowest BCUT2D eigenvalue weighted by atomic mass is 10.1. The topological polar surface area (TPSA) is 67.9 Å². The van der Waals surface area contributed by atoms with E-state index in [9.17, 15) is 9.59 Å². The summed E-state index contributed by atoms with van der Waals surface area (Å²) in [6.45, 7) is 4.69. The average Bonchev–Trinajstić information content (AvgIpc) is 2.72. The fourth-order valence-electron chi connectivity index (χ4n) is 3.40. The molecule has 1 saturated heterocycles. The third kappa shape index (κ3) is 6.00. The minimum atomic E-state index is -0.496. The van der Waals surface area contributed by atoms with Crippen molar-refractivity contribution in [3.05, 3.63) is 69.3 Å². The van der Waals surface area contributed by atoms with Crippen molar-refractivity contribution in [3.8, 4) is 5.75 Å². The summed E-state index contributed by atoms with van der Waals surface area (Å²) in [4.78, 5) is 27.9. The number of hydrogen-bond donors (Lipinski definition) is 1. The van der Waals surface area contributed by atoms with E-state index in [1.54, 1.807) is 48.4 Å². The van der Waals surface area contributed by atoms with Gasteiger partial charge < -0.3 is 19.7 Å². The van der Waals surface area contributed by atoms with Gasteiger partial charge in [-0.1, -0.05) is 35.3 Å². The molecular formula is C23H24Cl2N2O4. The van der Waals surface area contributed by atoms with Crippen LogP contribution in [0.4, 0.5) is 0 Å². The van der Waals surface area contributed by atoms with Crippen LogP contribution >= 0.6 is 23.2 Å². The molecule has 2 amide bonds. The molecule has 0 aromatic heterocycles. The number of amides is 2. The summed E-state index contributed by atoms with van der Waals surface area (Å²) in [6.07, 6.45) is 1.43. The number of benzene rings is 2. The van der Waals surface area contributed by atoms with Crippen LogP contribution in [0.1, 0.15) is 29.8 Å². The van der Waals surface area contributed by atoms with Gasteiger partial charge in [-0.25, -0.2) is 0 Å². The van der Waals surface area contributed by atoms with E-state index in [1.165, 1.54) is 12.1 Å². The van der Waals surface area contributed by atoms with E-state index in [2.05, 4.69) is 5.32 Å². The fourth-order valence-corrected chi connectivity index (χ4v) is 3.89. The van der Waals surface area contributed by atoms with E-state index >= 15 is 0 Å². The number of rotatable bonds is 5. The number of halogens is 2. The molecule has 2 aromatic rings. The Morgan fingerprint density at radius 3 is 2.32 bits per heavy atom. The first-order valence-corrected chi connectivity index (χ1v) is 10.6. The minimum Gasteiger partial charge on any atom is -0.497 e. The molecule has 2 atom stereocenters. The Kier molecular flexibility index (Phi) is 7.59. The van der Waals surface area contributed by atoms with Gasteiger partial charge in [-0.3, -0.25) is 9.59 Å². The van der Waals surface area contributed by atoms with E-state index in [4.69, 9.17) is 32.7 Å². The first kappa shape index (κ1) is 23.1. The Morgan fingerprint density at radius 1 is 1.10 bits per heavy atom. The van der Waals surface area contributed by atoms with Crippen LogP contribution < -0.4 is 10.1 Å². The zero-order chi connectivity index (χ0) is 22.5. The maximum atomic E-state index is 13.3. The zero-order valence-electron chi connectivity index (χ0n) is 17.5. The molecule has 0 aliphatic carbocycles. The van der Waals surface area contributed by atoms with Crippen LogP contribution in [0.15, 0.2) is 48.2 Å². The van der Waals surface area contributed by atoms with Gasteiger partial charge in [-0.2, -0.15) is 0 Å². The molecule has 2 unspecified atom stereocenters. The first-order chi connectivity index (χ1) is 14.8. The maximum Gasteiger partial charge on any atom is 0.270 e. The molecule has 0 bridgehead atoms. The molecule has 6 nitrogen and oxygen atoms in total. The van der Waals surface area contributed by atoms with E-state index in [-0.39, 0.29) is 34.4 Å². The highest BCUT2D eigenvalue weighted by Crippen LogP contribution is 2.22. The Balaban J connectivity index is 1.92. The summed E-state index contributed by atoms with van der Waals surface area (Å²) >= 11 is 12.1. The molecule has 1 aliphatic heterocycles. The van der Waals surface area contributed by atoms with Crippen LogP contribution in [-0.2, 0) is 9.53 Å². The molecule has 8 heteroatoms. The largest absolute Gasteiger partial charge is 0.497 e. The molecule has 0 spiro atoms. The van der Waals surface area contributed by atoms with Crippen LogP contribution in [0.25, 0.3) is 6.08 Å². The number of ether oxygens (including phenoxy) is 2. The van der Waals surface area contributed by atoms with Gasteiger partial charge in [-0.05, 0) is 55.8 Å². The molecular weight excluding hydrogens is 439 g/mol. The lowest BCUT2D eigenvalue weighted by molar-refractivity contribution is -0.139. The number of nitrogens with one attached hydrogen (secondary N) is 1. The summed E-state index contributed by atoms with van der Waals surface area (Å²) in [6, 6.07) is 11.8. The molecule has 1 N–H and O–H groups in total. The quantitative estimate of drug-likeness (QED) is 0.668. The number of methoxy groups -OCH3 is 1. The van der Waals surface area contributed by atoms with Crippen molar-refractivity contribution in [2.24, 2.45) is 0 Å². The van der Waals surface area contributed by atoms with E-state index in [0.29, 0.717) is 23.9 Å². The standard InChI is InChI=1S/C23H24Cl2N2O4/c1-14-12-27(13-15(2)31-14)23(29)21(10-16-4-7-18(30-3)8-5-16)26-22(28)19-9-6-17(24)11-20(19)25/h4-11,14-15H,12-13H2,1-3H3,(H,26,28). The van der Waals surface area contributed by atoms with Crippen molar-refractivity contribution < 1.29 is 19.1 Å². The van der Waals surface area contributed by atoms with Gasteiger partial charge in [0, 0.05) is 18.1 Å². The van der Waals surface area contributed by atoms with Crippen LogP contribution in [0.5, 0.6) is 5.75 Å². The molecule has 164 valence electrons. The molecule has 3 rings (SSSR count). The van der Waals surface area contributed by atoms with E-state index in [1.807, 2.05) is 13.8 Å². The second-order valence-corrected chi connectivity index (χ2v) is 8.22. The van der Waals surface area contributed by atoms with E-state index in [0.717, 1.165) is 5.56 Å². The van der Waals surface area contributed by atoms with Gasteiger partial charge in [0.05, 0.1) is 29.9 Å². The van der Waals surface area contributed by atoms with Crippen molar-refractivity contribution in [3.63, 3.8) is 0 Å². The van der Waals surface area contributed by atoms with Crippen LogP contribution in [0.2, 0.25) is 10.0 Å². The second-order valence-electron chi connectivity index (χ2n) is 7.38. The number of carbonyl (C=O) groups excluding carboxylic acids is 2. The van der Waals surface area contributed by atoms with Gasteiger partial charge in [0.15, 0.2) is 0 Å².